The number of hydrogen-bond donors (Lipinski definition) is 4. The number of halogens is 4. The summed E-state index contributed by atoms with van der Waals surface area (Å²) in [5, 5.41) is 9.66. The fourth-order valence-electron chi connectivity index (χ4n) is 3.04. The van der Waals surface area contributed by atoms with E-state index >= 15 is 0 Å². The molecule has 0 saturated carbocycles. The van der Waals surface area contributed by atoms with E-state index < -0.39 is 22.8 Å². The van der Waals surface area contributed by atoms with Gasteiger partial charge in [-0.2, -0.15) is 13.2 Å². The van der Waals surface area contributed by atoms with Gasteiger partial charge in [0.15, 0.2) is 0 Å². The first-order valence-electron chi connectivity index (χ1n) is 10.8. The maximum atomic E-state index is 13.4. The monoisotopic (exact) mass is 537 g/mol. The molecule has 196 valence electrons. The molecule has 0 spiro atoms. The van der Waals surface area contributed by atoms with Crippen molar-refractivity contribution in [1.29, 1.82) is 0 Å². The molecule has 3 rings (SSSR count). The minimum absolute atomic E-state index is 0.0231. The number of urea groups is 1. The van der Waals surface area contributed by atoms with Crippen molar-refractivity contribution in [3.63, 3.8) is 0 Å². The van der Waals surface area contributed by atoms with Crippen molar-refractivity contribution in [2.45, 2.75) is 6.18 Å². The Balaban J connectivity index is 1.76. The zero-order valence-electron chi connectivity index (χ0n) is 19.7. The minimum Gasteiger partial charge on any atom is -0.490 e. The number of nitrogens with zero attached hydrogens (tertiary/aromatic N) is 1. The first kappa shape index (κ1) is 27.6. The van der Waals surface area contributed by atoms with Gasteiger partial charge in [0.1, 0.15) is 29.5 Å². The molecule has 4 N–H and O–H groups in total. The maximum absolute atomic E-state index is 13.4. The minimum atomic E-state index is -4.73. The third kappa shape index (κ3) is 7.72. The van der Waals surface area contributed by atoms with E-state index in [4.69, 9.17) is 21.1 Å². The molecule has 0 bridgehead atoms. The van der Waals surface area contributed by atoms with Gasteiger partial charge in [-0.1, -0.05) is 17.7 Å². The second kappa shape index (κ2) is 12.3. The number of alkyl halides is 3. The van der Waals surface area contributed by atoms with Crippen molar-refractivity contribution in [3.8, 4) is 17.2 Å². The van der Waals surface area contributed by atoms with Gasteiger partial charge in [-0.25, -0.2) is 4.79 Å². The lowest BCUT2D eigenvalue weighted by Crippen LogP contribution is -2.21. The Morgan fingerprint density at radius 1 is 1.03 bits per heavy atom. The van der Waals surface area contributed by atoms with Crippen LogP contribution >= 0.6 is 11.6 Å². The number of anilines is 2. The predicted octanol–water partition coefficient (Wildman–Crippen LogP) is 5.15. The number of benzene rings is 2. The second-order valence-electron chi connectivity index (χ2n) is 7.44. The lowest BCUT2D eigenvalue weighted by molar-refractivity contribution is -0.137. The van der Waals surface area contributed by atoms with E-state index in [1.54, 1.807) is 31.3 Å². The second-order valence-corrected chi connectivity index (χ2v) is 7.85. The first-order valence-corrected chi connectivity index (χ1v) is 11.2. The summed E-state index contributed by atoms with van der Waals surface area (Å²) >= 11 is 5.80. The Morgan fingerprint density at radius 2 is 1.78 bits per heavy atom. The van der Waals surface area contributed by atoms with E-state index in [0.29, 0.717) is 29.8 Å². The number of pyridine rings is 1. The van der Waals surface area contributed by atoms with Crippen molar-refractivity contribution in [1.82, 2.24) is 15.6 Å². The van der Waals surface area contributed by atoms with Crippen LogP contribution in [0.5, 0.6) is 17.2 Å². The van der Waals surface area contributed by atoms with Crippen LogP contribution < -0.4 is 30.7 Å². The molecule has 0 atom stereocenters. The summed E-state index contributed by atoms with van der Waals surface area (Å²) in [5.41, 5.74) is -0.883. The number of rotatable bonds is 9. The molecule has 0 saturated heterocycles. The Morgan fingerprint density at radius 3 is 2.49 bits per heavy atom. The summed E-state index contributed by atoms with van der Waals surface area (Å²) in [5.74, 6) is 0.251. The molecule has 0 fully saturated rings. The average Bonchev–Trinajstić information content (AvgIpc) is 2.84. The van der Waals surface area contributed by atoms with Gasteiger partial charge in [0.05, 0.1) is 16.3 Å². The molecule has 0 aliphatic rings. The van der Waals surface area contributed by atoms with E-state index in [1.807, 2.05) is 0 Å². The number of amides is 3. The van der Waals surface area contributed by atoms with Gasteiger partial charge in [-0.15, -0.1) is 0 Å². The fourth-order valence-corrected chi connectivity index (χ4v) is 3.30. The van der Waals surface area contributed by atoms with Crippen LogP contribution in [0, 0.1) is 0 Å². The van der Waals surface area contributed by atoms with E-state index in [0.717, 1.165) is 6.07 Å². The zero-order valence-corrected chi connectivity index (χ0v) is 20.5. The first-order chi connectivity index (χ1) is 17.6. The van der Waals surface area contributed by atoms with E-state index in [1.165, 1.54) is 25.4 Å². The number of likely N-dealkylation sites (N-methyl/N-ethyl adjacent to an activating group) is 1. The Bertz CT molecular complexity index is 1270. The predicted molar refractivity (Wildman–Crippen MR) is 133 cm³/mol. The molecule has 13 heteroatoms. The highest BCUT2D eigenvalue weighted by atomic mass is 35.5. The standard InChI is InChI=1S/C24H23ClF3N5O4/c1-29-8-9-36-21-13-18(25)17(24(26,27)28)12-19(21)33-23(35)32-14-4-3-5-15(10-14)37-16-6-7-31-20(11-16)22(34)30-2/h3-7,10-13,29H,8-9H2,1-2H3,(H,30,34)(H2,32,33,35). The number of hydrogen-bond acceptors (Lipinski definition) is 6. The number of ether oxygens (including phenoxy) is 2. The molecule has 1 aromatic heterocycles. The molecule has 0 aliphatic carbocycles. The van der Waals surface area contributed by atoms with E-state index in [2.05, 4.69) is 26.3 Å². The summed E-state index contributed by atoms with van der Waals surface area (Å²) < 4.78 is 51.3. The van der Waals surface area contributed by atoms with Gasteiger partial charge in [0, 0.05) is 43.7 Å². The quantitative estimate of drug-likeness (QED) is 0.281. The highest BCUT2D eigenvalue weighted by Gasteiger charge is 2.34. The van der Waals surface area contributed by atoms with Crippen molar-refractivity contribution < 1.29 is 32.2 Å². The third-order valence-electron chi connectivity index (χ3n) is 4.75. The van der Waals surface area contributed by atoms with E-state index in [-0.39, 0.29) is 29.6 Å². The molecular weight excluding hydrogens is 515 g/mol. The highest BCUT2D eigenvalue weighted by Crippen LogP contribution is 2.40. The summed E-state index contributed by atoms with van der Waals surface area (Å²) in [4.78, 5) is 28.4. The average molecular weight is 538 g/mol. The zero-order chi connectivity index (χ0) is 27.0. The molecule has 2 aromatic carbocycles. The van der Waals surface area contributed by atoms with Crippen LogP contribution in [0.25, 0.3) is 0 Å². The van der Waals surface area contributed by atoms with Crippen molar-refractivity contribution >= 4 is 34.9 Å². The number of nitrogens with one attached hydrogen (secondary N) is 4. The molecular formula is C24H23ClF3N5O4. The Labute approximate surface area is 215 Å². The topological polar surface area (TPSA) is 114 Å². The Hall–Kier alpha value is -4.03. The van der Waals surface area contributed by atoms with Crippen molar-refractivity contribution in [2.24, 2.45) is 0 Å². The third-order valence-corrected chi connectivity index (χ3v) is 5.06. The van der Waals surface area contributed by atoms with Crippen LogP contribution in [-0.2, 0) is 6.18 Å². The summed E-state index contributed by atoms with van der Waals surface area (Å²) in [6.45, 7) is 0.545. The van der Waals surface area contributed by atoms with Gasteiger partial charge in [0.2, 0.25) is 0 Å². The fraction of sp³-hybridized carbons (Fsp3) is 0.208. The van der Waals surface area contributed by atoms with Gasteiger partial charge in [-0.3, -0.25) is 9.78 Å². The lowest BCUT2D eigenvalue weighted by atomic mass is 10.1. The molecule has 0 aliphatic heterocycles. The smallest absolute Gasteiger partial charge is 0.417 e. The maximum Gasteiger partial charge on any atom is 0.417 e. The van der Waals surface area contributed by atoms with Gasteiger partial charge >= 0.3 is 12.2 Å². The molecule has 1 heterocycles. The lowest BCUT2D eigenvalue weighted by Gasteiger charge is -2.17. The van der Waals surface area contributed by atoms with Crippen LogP contribution in [0.1, 0.15) is 16.1 Å². The molecule has 0 radical (unpaired) electrons. The molecule has 37 heavy (non-hydrogen) atoms. The molecule has 0 unspecified atom stereocenters. The van der Waals surface area contributed by atoms with Crippen LogP contribution in [-0.4, -0.2) is 44.2 Å². The number of carbonyl (C=O) groups excluding carboxylic acids is 2. The molecule has 3 aromatic rings. The summed E-state index contributed by atoms with van der Waals surface area (Å²) in [6.07, 6.45) is -3.32. The van der Waals surface area contributed by atoms with Gasteiger partial charge in [0.25, 0.3) is 5.91 Å². The van der Waals surface area contributed by atoms with E-state index in [9.17, 15) is 22.8 Å². The van der Waals surface area contributed by atoms with Gasteiger partial charge < -0.3 is 30.7 Å². The number of carbonyl (C=O) groups is 2. The van der Waals surface area contributed by atoms with Crippen LogP contribution in [0.3, 0.4) is 0 Å². The largest absolute Gasteiger partial charge is 0.490 e. The normalized spacial score (nSPS) is 11.0. The van der Waals surface area contributed by atoms with Gasteiger partial charge in [-0.05, 0) is 31.3 Å². The molecule has 3 amide bonds. The Kier molecular flexibility index (Phi) is 9.15. The SMILES string of the molecule is CNCCOc1cc(Cl)c(C(F)(F)F)cc1NC(=O)Nc1cccc(Oc2ccnc(C(=O)NC)c2)c1. The highest BCUT2D eigenvalue weighted by molar-refractivity contribution is 6.31. The summed E-state index contributed by atoms with van der Waals surface area (Å²) in [7, 11) is 3.16. The summed E-state index contributed by atoms with van der Waals surface area (Å²) in [6, 6.07) is 10.2. The van der Waals surface area contributed by atoms with Crippen LogP contribution in [0.15, 0.2) is 54.7 Å². The molecule has 9 nitrogen and oxygen atoms in total. The van der Waals surface area contributed by atoms with Crippen LogP contribution in [0.2, 0.25) is 5.02 Å². The van der Waals surface area contributed by atoms with Crippen molar-refractivity contribution in [2.75, 3.05) is 37.9 Å². The van der Waals surface area contributed by atoms with Crippen LogP contribution in [0.4, 0.5) is 29.3 Å². The van der Waals surface area contributed by atoms with Crippen molar-refractivity contribution in [3.05, 3.63) is 71.0 Å². The number of aromatic nitrogens is 1.